The summed E-state index contributed by atoms with van der Waals surface area (Å²) in [6.45, 7) is 6.82. The molecule has 2 aliphatic heterocycles. The maximum absolute atomic E-state index is 8.13. The van der Waals surface area contributed by atoms with Crippen molar-refractivity contribution in [3.05, 3.63) is 72.1 Å². The van der Waals surface area contributed by atoms with E-state index in [1.54, 1.807) is 12.4 Å². The minimum Gasteiger partial charge on any atom is -0.491 e. The Kier molecular flexibility index (Phi) is 9.25. The Morgan fingerprint density at radius 2 is 1.81 bits per heavy atom. The number of quaternary nitrogens is 1. The zero-order chi connectivity index (χ0) is 26.0. The normalized spacial score (nSPS) is 16.9. The number of hydrogen-bond donors (Lipinski definition) is 3. The Morgan fingerprint density at radius 3 is 2.51 bits per heavy atom. The van der Waals surface area contributed by atoms with Crippen LogP contribution in [0, 0.1) is 5.41 Å². The summed E-state index contributed by atoms with van der Waals surface area (Å²) in [7, 11) is 3.67. The molecule has 0 saturated carbocycles. The molecule has 1 fully saturated rings. The average molecular weight is 506 g/mol. The van der Waals surface area contributed by atoms with E-state index < -0.39 is 0 Å². The third-order valence-electron chi connectivity index (χ3n) is 6.39. The summed E-state index contributed by atoms with van der Waals surface area (Å²) in [6, 6.07) is 17.9. The Bertz CT molecular complexity index is 1120. The number of ether oxygens (including phenoxy) is 2. The lowest BCUT2D eigenvalue weighted by atomic mass is 10.2. The number of rotatable bonds is 10. The molecule has 10 heteroatoms. The van der Waals surface area contributed by atoms with Crippen LogP contribution in [0.5, 0.6) is 5.75 Å². The van der Waals surface area contributed by atoms with Gasteiger partial charge < -0.3 is 25.0 Å². The Labute approximate surface area is 218 Å². The number of piperazine rings is 1. The molecule has 196 valence electrons. The van der Waals surface area contributed by atoms with E-state index in [1.807, 2.05) is 55.6 Å². The van der Waals surface area contributed by atoms with Crippen LogP contribution >= 0.6 is 0 Å². The summed E-state index contributed by atoms with van der Waals surface area (Å²) >= 11 is 0. The van der Waals surface area contributed by atoms with Gasteiger partial charge in [0.2, 0.25) is 5.82 Å². The first-order chi connectivity index (χ1) is 18.0. The van der Waals surface area contributed by atoms with Crippen LogP contribution in [-0.4, -0.2) is 94.1 Å². The Hall–Kier alpha value is -3.73. The van der Waals surface area contributed by atoms with E-state index in [9.17, 15) is 0 Å². The van der Waals surface area contributed by atoms with Crippen molar-refractivity contribution in [1.29, 1.82) is 5.41 Å². The lowest BCUT2D eigenvalue weighted by molar-refractivity contribution is -0.488. The van der Waals surface area contributed by atoms with Crippen molar-refractivity contribution in [2.24, 2.45) is 15.7 Å². The van der Waals surface area contributed by atoms with E-state index in [2.05, 4.69) is 36.8 Å². The maximum Gasteiger partial charge on any atom is 0.326 e. The Morgan fingerprint density at radius 1 is 1.08 bits per heavy atom. The molecule has 0 amide bonds. The second kappa shape index (κ2) is 13.0. The number of anilines is 1. The molecule has 0 radical (unpaired) electrons. The summed E-state index contributed by atoms with van der Waals surface area (Å²) in [6.07, 6.45) is 1.88. The number of benzene rings is 2. The Balaban J connectivity index is 1.25. The van der Waals surface area contributed by atoms with Gasteiger partial charge in [-0.3, -0.25) is 4.90 Å². The van der Waals surface area contributed by atoms with Gasteiger partial charge in [-0.15, -0.1) is 0 Å². The SMILES string of the molecule is COCCOc1ccc(N2CCN(CCN(C)C3=NC(=N)[NH2+]C(/N=C(\N)c4ccccc4)=C3)CC2)cc1. The van der Waals surface area contributed by atoms with Crippen LogP contribution in [0.1, 0.15) is 5.56 Å². The molecule has 4 rings (SSSR count). The number of guanidine groups is 1. The van der Waals surface area contributed by atoms with Crippen LogP contribution in [0.4, 0.5) is 5.69 Å². The molecule has 2 aliphatic rings. The third-order valence-corrected chi connectivity index (χ3v) is 6.39. The van der Waals surface area contributed by atoms with Gasteiger partial charge >= 0.3 is 5.96 Å². The number of nitrogens with one attached hydrogen (secondary N) is 1. The molecule has 0 atom stereocenters. The van der Waals surface area contributed by atoms with Gasteiger partial charge in [0.05, 0.1) is 12.7 Å². The fraction of sp³-hybridized carbons (Fsp3) is 0.370. The van der Waals surface area contributed by atoms with Crippen molar-refractivity contribution >= 4 is 23.3 Å². The van der Waals surface area contributed by atoms with Crippen molar-refractivity contribution in [1.82, 2.24) is 9.80 Å². The van der Waals surface area contributed by atoms with Gasteiger partial charge in [0.15, 0.2) is 0 Å². The number of nitrogens with zero attached hydrogens (tertiary/aromatic N) is 5. The van der Waals surface area contributed by atoms with Gasteiger partial charge in [0.1, 0.15) is 24.0 Å². The van der Waals surface area contributed by atoms with E-state index in [1.165, 1.54) is 5.69 Å². The maximum atomic E-state index is 8.13. The van der Waals surface area contributed by atoms with Crippen molar-refractivity contribution in [3.8, 4) is 5.75 Å². The highest BCUT2D eigenvalue weighted by atomic mass is 16.5. The van der Waals surface area contributed by atoms with E-state index in [0.717, 1.165) is 56.4 Å². The fourth-order valence-corrected chi connectivity index (χ4v) is 4.21. The number of hydrogen-bond acceptors (Lipinski definition) is 7. The smallest absolute Gasteiger partial charge is 0.326 e. The van der Waals surface area contributed by atoms with Gasteiger partial charge in [0, 0.05) is 64.7 Å². The molecule has 37 heavy (non-hydrogen) atoms. The van der Waals surface area contributed by atoms with Crippen LogP contribution < -0.4 is 20.7 Å². The molecular weight excluding hydrogens is 468 g/mol. The first kappa shape index (κ1) is 26.3. The number of amidine groups is 2. The number of methoxy groups -OCH3 is 1. The van der Waals surface area contributed by atoms with E-state index >= 15 is 0 Å². The predicted molar refractivity (Wildman–Crippen MR) is 147 cm³/mol. The summed E-state index contributed by atoms with van der Waals surface area (Å²) in [4.78, 5) is 15.9. The minimum atomic E-state index is 0.174. The van der Waals surface area contributed by atoms with Crippen LogP contribution in [0.3, 0.4) is 0 Å². The van der Waals surface area contributed by atoms with Crippen molar-refractivity contribution in [3.63, 3.8) is 0 Å². The first-order valence-electron chi connectivity index (χ1n) is 12.6. The quantitative estimate of drug-likeness (QED) is 0.251. The van der Waals surface area contributed by atoms with E-state index in [4.69, 9.17) is 20.6 Å². The molecule has 2 aromatic rings. The topological polar surface area (TPSA) is 119 Å². The molecule has 0 aromatic heterocycles. The standard InChI is InChI=1S/C27H36N8O2/c1-33(25-20-24(31-27(29)32-25)30-26(28)21-6-4-3-5-7-21)12-13-34-14-16-35(17-15-34)22-8-10-23(11-9-22)37-19-18-36-2/h3-11,20H,12-19H2,1-2H3,(H4,28,29,30,31,32)/p+1. The van der Waals surface area contributed by atoms with Crippen LogP contribution in [0.15, 0.2) is 76.5 Å². The second-order valence-electron chi connectivity index (χ2n) is 9.02. The number of aliphatic imine (C=N–C) groups is 2. The first-order valence-corrected chi connectivity index (χ1v) is 12.6. The lowest BCUT2D eigenvalue weighted by Crippen LogP contribution is -2.86. The van der Waals surface area contributed by atoms with Crippen LogP contribution in [-0.2, 0) is 4.74 Å². The van der Waals surface area contributed by atoms with E-state index in [-0.39, 0.29) is 5.96 Å². The largest absolute Gasteiger partial charge is 0.491 e. The van der Waals surface area contributed by atoms with Gasteiger partial charge in [0.25, 0.3) is 0 Å². The fourth-order valence-electron chi connectivity index (χ4n) is 4.21. The molecule has 0 bridgehead atoms. The minimum absolute atomic E-state index is 0.174. The molecule has 0 spiro atoms. The molecule has 2 aromatic carbocycles. The molecule has 10 nitrogen and oxygen atoms in total. The van der Waals surface area contributed by atoms with E-state index in [0.29, 0.717) is 24.9 Å². The second-order valence-corrected chi connectivity index (χ2v) is 9.02. The van der Waals surface area contributed by atoms with Gasteiger partial charge in [-0.1, -0.05) is 30.3 Å². The molecule has 2 heterocycles. The highest BCUT2D eigenvalue weighted by molar-refractivity contribution is 6.02. The summed E-state index contributed by atoms with van der Waals surface area (Å²) in [5.74, 6) is 2.81. The number of nitrogens with two attached hydrogens (primary N) is 2. The van der Waals surface area contributed by atoms with Gasteiger partial charge in [-0.05, 0) is 24.3 Å². The molecule has 1 saturated heterocycles. The third kappa shape index (κ3) is 7.63. The summed E-state index contributed by atoms with van der Waals surface area (Å²) < 4.78 is 10.7. The highest BCUT2D eigenvalue weighted by Gasteiger charge is 2.21. The molecule has 0 aliphatic carbocycles. The average Bonchev–Trinajstić information content (AvgIpc) is 2.93. The molecule has 5 N–H and O–H groups in total. The number of likely N-dealkylation sites (N-methyl/N-ethyl adjacent to an activating group) is 1. The predicted octanol–water partition coefficient (Wildman–Crippen LogP) is 0.923. The monoisotopic (exact) mass is 505 g/mol. The van der Waals surface area contributed by atoms with Crippen molar-refractivity contribution in [2.75, 3.05) is 71.5 Å². The van der Waals surface area contributed by atoms with Crippen LogP contribution in [0.25, 0.3) is 0 Å². The summed E-state index contributed by atoms with van der Waals surface area (Å²) in [5, 5.41) is 9.76. The van der Waals surface area contributed by atoms with Gasteiger partial charge in [-0.2, -0.15) is 9.98 Å². The molecule has 0 unspecified atom stereocenters. The van der Waals surface area contributed by atoms with Crippen molar-refractivity contribution < 1.29 is 14.8 Å². The van der Waals surface area contributed by atoms with Crippen LogP contribution in [0.2, 0.25) is 0 Å². The molecular formula is C27H37N8O2+. The van der Waals surface area contributed by atoms with Crippen molar-refractivity contribution in [2.45, 2.75) is 0 Å². The zero-order valence-electron chi connectivity index (χ0n) is 21.6. The van der Waals surface area contributed by atoms with Gasteiger partial charge in [-0.25, -0.2) is 10.7 Å². The summed E-state index contributed by atoms with van der Waals surface area (Å²) in [5.41, 5.74) is 8.25. The zero-order valence-corrected chi connectivity index (χ0v) is 21.6. The lowest BCUT2D eigenvalue weighted by Gasteiger charge is -2.37. The highest BCUT2D eigenvalue weighted by Crippen LogP contribution is 2.21.